The second-order valence-corrected chi connectivity index (χ2v) is 10.3. The third kappa shape index (κ3) is 5.34. The highest BCUT2D eigenvalue weighted by Crippen LogP contribution is 2.42. The van der Waals surface area contributed by atoms with Crippen LogP contribution in [-0.2, 0) is 9.47 Å². The van der Waals surface area contributed by atoms with Gasteiger partial charge >= 0.3 is 0 Å². The zero-order valence-corrected chi connectivity index (χ0v) is 18.0. The van der Waals surface area contributed by atoms with Crippen molar-refractivity contribution in [1.82, 2.24) is 16.0 Å². The molecule has 0 bridgehead atoms. The molecule has 0 aromatic heterocycles. The minimum atomic E-state index is 0.271. The Morgan fingerprint density at radius 3 is 2.76 bits per heavy atom. The van der Waals surface area contributed by atoms with Crippen LogP contribution in [0.4, 0.5) is 0 Å². The second-order valence-electron chi connectivity index (χ2n) is 10.3. The molecule has 2 aliphatic carbocycles. The Labute approximate surface area is 176 Å². The maximum Gasteiger partial charge on any atom is 0.135 e. The molecule has 166 valence electrons. The Bertz CT molecular complexity index is 535. The lowest BCUT2D eigenvalue weighted by Crippen LogP contribution is -2.48. The van der Waals surface area contributed by atoms with Crippen molar-refractivity contribution in [2.45, 2.75) is 120 Å². The molecule has 9 unspecified atom stereocenters. The van der Waals surface area contributed by atoms with Crippen molar-refractivity contribution < 1.29 is 9.47 Å². The van der Waals surface area contributed by atoms with E-state index in [2.05, 4.69) is 16.0 Å². The topological polar surface area (TPSA) is 87.2 Å². The first kappa shape index (κ1) is 20.7. The first-order valence-electron chi connectivity index (χ1n) is 12.6. The van der Waals surface area contributed by atoms with Crippen LogP contribution in [0.5, 0.6) is 0 Å². The molecule has 0 aromatic carbocycles. The molecule has 0 amide bonds. The van der Waals surface area contributed by atoms with Crippen LogP contribution in [0.3, 0.4) is 0 Å². The van der Waals surface area contributed by atoms with Crippen LogP contribution < -0.4 is 21.7 Å². The number of hydrogen-bond donors (Lipinski definition) is 4. The van der Waals surface area contributed by atoms with E-state index in [-0.39, 0.29) is 6.23 Å². The van der Waals surface area contributed by atoms with Crippen molar-refractivity contribution in [1.29, 1.82) is 0 Å². The number of fused-ring (bicyclic) bond motifs is 1. The molecule has 5 aliphatic rings. The van der Waals surface area contributed by atoms with E-state index in [9.17, 15) is 0 Å². The number of nitrogens with two attached hydrogens (primary N) is 1. The summed E-state index contributed by atoms with van der Waals surface area (Å²) in [5.41, 5.74) is 6.23. The van der Waals surface area contributed by atoms with Gasteiger partial charge in [0.15, 0.2) is 0 Å². The van der Waals surface area contributed by atoms with Gasteiger partial charge in [0.2, 0.25) is 0 Å². The number of rotatable bonds is 10. The highest BCUT2D eigenvalue weighted by molar-refractivity contribution is 4.97. The van der Waals surface area contributed by atoms with Crippen LogP contribution in [0.15, 0.2) is 0 Å². The molecule has 3 heterocycles. The molecule has 9 atom stereocenters. The fraction of sp³-hybridized carbons (Fsp3) is 1.00. The average molecular weight is 407 g/mol. The van der Waals surface area contributed by atoms with E-state index in [1.807, 2.05) is 0 Å². The van der Waals surface area contributed by atoms with Crippen molar-refractivity contribution in [2.75, 3.05) is 13.1 Å². The van der Waals surface area contributed by atoms with E-state index in [4.69, 9.17) is 15.2 Å². The lowest BCUT2D eigenvalue weighted by Gasteiger charge is -2.30. The van der Waals surface area contributed by atoms with E-state index in [0.29, 0.717) is 30.5 Å². The summed E-state index contributed by atoms with van der Waals surface area (Å²) in [7, 11) is 0. The van der Waals surface area contributed by atoms with Crippen molar-refractivity contribution in [3.63, 3.8) is 0 Å². The maximum absolute atomic E-state index is 6.23. The summed E-state index contributed by atoms with van der Waals surface area (Å²) < 4.78 is 11.8. The smallest absolute Gasteiger partial charge is 0.135 e. The maximum atomic E-state index is 6.23. The zero-order chi connectivity index (χ0) is 19.6. The lowest BCUT2D eigenvalue weighted by molar-refractivity contribution is 0.201. The monoisotopic (exact) mass is 406 g/mol. The van der Waals surface area contributed by atoms with Gasteiger partial charge in [-0.25, -0.2) is 0 Å². The van der Waals surface area contributed by atoms with E-state index in [0.717, 1.165) is 30.8 Å². The fourth-order valence-electron chi connectivity index (χ4n) is 6.27. The van der Waals surface area contributed by atoms with Crippen LogP contribution in [0.2, 0.25) is 0 Å². The Morgan fingerprint density at radius 1 is 0.897 bits per heavy atom. The largest absolute Gasteiger partial charge is 0.353 e. The van der Waals surface area contributed by atoms with E-state index < -0.39 is 0 Å². The summed E-state index contributed by atoms with van der Waals surface area (Å²) >= 11 is 0. The molecular formula is C23H42N4O2. The minimum Gasteiger partial charge on any atom is -0.353 e. The van der Waals surface area contributed by atoms with Gasteiger partial charge in [-0.1, -0.05) is 25.7 Å². The highest BCUT2D eigenvalue weighted by Gasteiger charge is 2.48. The molecule has 5 rings (SSSR count). The van der Waals surface area contributed by atoms with E-state index in [1.165, 1.54) is 77.2 Å². The fourth-order valence-corrected chi connectivity index (χ4v) is 6.27. The molecule has 6 nitrogen and oxygen atoms in total. The third-order valence-electron chi connectivity index (χ3n) is 8.23. The van der Waals surface area contributed by atoms with Gasteiger partial charge in [0.25, 0.3) is 0 Å². The van der Waals surface area contributed by atoms with Gasteiger partial charge in [-0.05, 0) is 76.3 Å². The molecule has 0 radical (unpaired) electrons. The SMILES string of the molecule is NC1CCCCC1NC1OC1CCCCCNC1OC1C1CCC2NCCC2C1. The van der Waals surface area contributed by atoms with Gasteiger partial charge in [-0.2, -0.15) is 0 Å². The molecule has 5 N–H and O–H groups in total. The van der Waals surface area contributed by atoms with Crippen LogP contribution in [0, 0.1) is 11.8 Å². The molecular weight excluding hydrogens is 364 g/mol. The van der Waals surface area contributed by atoms with Gasteiger partial charge in [-0.3, -0.25) is 10.6 Å². The lowest BCUT2D eigenvalue weighted by atomic mass is 9.77. The second kappa shape index (κ2) is 9.49. The summed E-state index contributed by atoms with van der Waals surface area (Å²) in [5, 5.41) is 10.9. The molecule has 3 aliphatic heterocycles. The first-order chi connectivity index (χ1) is 14.3. The third-order valence-corrected chi connectivity index (χ3v) is 8.23. The molecule has 6 heteroatoms. The number of epoxide rings is 2. The Morgan fingerprint density at radius 2 is 1.83 bits per heavy atom. The van der Waals surface area contributed by atoms with Gasteiger partial charge in [0.05, 0.1) is 6.10 Å². The normalized spacial score (nSPS) is 46.4. The molecule has 0 spiro atoms. The summed E-state index contributed by atoms with van der Waals surface area (Å²) in [5.74, 6) is 1.71. The number of ether oxygens (including phenoxy) is 2. The van der Waals surface area contributed by atoms with E-state index in [1.54, 1.807) is 0 Å². The van der Waals surface area contributed by atoms with Crippen molar-refractivity contribution in [3.8, 4) is 0 Å². The molecule has 0 aromatic rings. The Hall–Kier alpha value is -0.240. The molecule has 2 saturated carbocycles. The number of unbranched alkanes of at least 4 members (excludes halogenated alkanes) is 2. The summed E-state index contributed by atoms with van der Waals surface area (Å²) in [6.07, 6.45) is 16.9. The van der Waals surface area contributed by atoms with Crippen molar-refractivity contribution >= 4 is 0 Å². The van der Waals surface area contributed by atoms with Crippen LogP contribution in [0.1, 0.15) is 77.0 Å². The predicted molar refractivity (Wildman–Crippen MR) is 114 cm³/mol. The van der Waals surface area contributed by atoms with Crippen LogP contribution in [-0.4, -0.2) is 55.9 Å². The van der Waals surface area contributed by atoms with Crippen LogP contribution >= 0.6 is 0 Å². The first-order valence-corrected chi connectivity index (χ1v) is 12.6. The van der Waals surface area contributed by atoms with Crippen molar-refractivity contribution in [3.05, 3.63) is 0 Å². The minimum absolute atomic E-state index is 0.271. The van der Waals surface area contributed by atoms with Gasteiger partial charge in [-0.15, -0.1) is 0 Å². The number of nitrogens with one attached hydrogen (secondary N) is 3. The zero-order valence-electron chi connectivity index (χ0n) is 18.0. The highest BCUT2D eigenvalue weighted by atomic mass is 16.6. The molecule has 5 fully saturated rings. The molecule has 3 saturated heterocycles. The standard InChI is InChI=1S/C23H42N4O2/c24-17-6-3-4-7-19(17)27-22-20(28-22)8-2-1-5-12-26-23-21(29-23)16-9-10-18-15(14-16)11-13-25-18/h15-23,25-27H,1-14,24H2. The van der Waals surface area contributed by atoms with E-state index >= 15 is 0 Å². The van der Waals surface area contributed by atoms with Gasteiger partial charge in [0, 0.05) is 18.1 Å². The van der Waals surface area contributed by atoms with Crippen molar-refractivity contribution in [2.24, 2.45) is 17.6 Å². The summed E-state index contributed by atoms with van der Waals surface area (Å²) in [6, 6.07) is 1.59. The molecule has 29 heavy (non-hydrogen) atoms. The number of hydrogen-bond acceptors (Lipinski definition) is 6. The predicted octanol–water partition coefficient (Wildman–Crippen LogP) is 2.22. The summed E-state index contributed by atoms with van der Waals surface area (Å²) in [6.45, 7) is 2.32. The van der Waals surface area contributed by atoms with Gasteiger partial charge in [0.1, 0.15) is 18.6 Å². The quantitative estimate of drug-likeness (QED) is 0.329. The van der Waals surface area contributed by atoms with Gasteiger partial charge < -0.3 is 20.5 Å². The van der Waals surface area contributed by atoms with Crippen LogP contribution in [0.25, 0.3) is 0 Å². The Kier molecular flexibility index (Phi) is 6.76. The summed E-state index contributed by atoms with van der Waals surface area (Å²) in [4.78, 5) is 0. The Balaban J connectivity index is 0.877. The average Bonchev–Trinajstić information content (AvgIpc) is 3.62.